The maximum atomic E-state index is 12.7. The van der Waals surface area contributed by atoms with Gasteiger partial charge in [-0.05, 0) is 44.0 Å². The van der Waals surface area contributed by atoms with Crippen molar-refractivity contribution in [2.45, 2.75) is 45.2 Å². The van der Waals surface area contributed by atoms with Gasteiger partial charge in [-0.1, -0.05) is 12.8 Å². The number of carbonyl (C=O) groups is 1. The van der Waals surface area contributed by atoms with Gasteiger partial charge in [0, 0.05) is 24.1 Å². The molecule has 2 aromatic heterocycles. The van der Waals surface area contributed by atoms with E-state index in [2.05, 4.69) is 10.3 Å². The lowest BCUT2D eigenvalue weighted by atomic mass is 10.2. The summed E-state index contributed by atoms with van der Waals surface area (Å²) in [7, 11) is 0. The van der Waals surface area contributed by atoms with Gasteiger partial charge in [-0.15, -0.1) is 0 Å². The number of urea groups is 1. The highest BCUT2D eigenvalue weighted by molar-refractivity contribution is 5.89. The SMILES string of the molecule is Cc1ccc(CN(C(=O)Nc2ccncc2)C2CCCC2)o1. The number of carbonyl (C=O) groups excluding carboxylic acids is 1. The van der Waals surface area contributed by atoms with Crippen molar-refractivity contribution in [3.05, 3.63) is 48.2 Å². The molecule has 1 N–H and O–H groups in total. The van der Waals surface area contributed by atoms with Crippen molar-refractivity contribution < 1.29 is 9.21 Å². The van der Waals surface area contributed by atoms with E-state index in [0.717, 1.165) is 30.0 Å². The molecule has 1 fully saturated rings. The van der Waals surface area contributed by atoms with E-state index in [1.54, 1.807) is 24.5 Å². The molecular formula is C17H21N3O2. The van der Waals surface area contributed by atoms with E-state index in [0.29, 0.717) is 6.54 Å². The zero-order valence-electron chi connectivity index (χ0n) is 12.8. The third-order valence-corrected chi connectivity index (χ3v) is 4.08. The minimum atomic E-state index is -0.0767. The van der Waals surface area contributed by atoms with Crippen molar-refractivity contribution in [3.63, 3.8) is 0 Å². The van der Waals surface area contributed by atoms with E-state index in [9.17, 15) is 4.79 Å². The Bertz CT molecular complexity index is 618. The molecule has 0 aliphatic heterocycles. The van der Waals surface area contributed by atoms with Crippen LogP contribution in [0, 0.1) is 6.92 Å². The minimum absolute atomic E-state index is 0.0767. The van der Waals surface area contributed by atoms with Gasteiger partial charge in [0.15, 0.2) is 0 Å². The summed E-state index contributed by atoms with van der Waals surface area (Å²) in [6.07, 6.45) is 7.82. The number of nitrogens with one attached hydrogen (secondary N) is 1. The Hall–Kier alpha value is -2.30. The van der Waals surface area contributed by atoms with Crippen LogP contribution in [0.15, 0.2) is 41.1 Å². The van der Waals surface area contributed by atoms with Gasteiger partial charge >= 0.3 is 6.03 Å². The van der Waals surface area contributed by atoms with E-state index in [1.165, 1.54) is 12.8 Å². The van der Waals surface area contributed by atoms with Crippen LogP contribution in [0.5, 0.6) is 0 Å². The van der Waals surface area contributed by atoms with Crippen LogP contribution in [-0.2, 0) is 6.54 Å². The molecule has 1 aliphatic rings. The number of rotatable bonds is 4. The first-order valence-electron chi connectivity index (χ1n) is 7.75. The van der Waals surface area contributed by atoms with Crippen molar-refractivity contribution in [1.29, 1.82) is 0 Å². The lowest BCUT2D eigenvalue weighted by Gasteiger charge is -2.28. The molecule has 116 valence electrons. The molecule has 0 aromatic carbocycles. The number of aryl methyl sites for hydroxylation is 1. The highest BCUT2D eigenvalue weighted by Crippen LogP contribution is 2.26. The van der Waals surface area contributed by atoms with E-state index >= 15 is 0 Å². The standard InChI is InChI=1S/C17H21N3O2/c1-13-6-7-16(22-13)12-20(15-4-2-3-5-15)17(21)19-14-8-10-18-11-9-14/h6-11,15H,2-5,12H2,1H3,(H,18,19,21). The number of aromatic nitrogens is 1. The van der Waals surface area contributed by atoms with Crippen LogP contribution in [0.25, 0.3) is 0 Å². The fourth-order valence-corrected chi connectivity index (χ4v) is 2.95. The average Bonchev–Trinajstić information content (AvgIpc) is 3.17. The van der Waals surface area contributed by atoms with Crippen LogP contribution in [0.4, 0.5) is 10.5 Å². The molecule has 0 unspecified atom stereocenters. The van der Waals surface area contributed by atoms with Gasteiger partial charge in [0.2, 0.25) is 0 Å². The number of amides is 2. The summed E-state index contributed by atoms with van der Waals surface area (Å²) < 4.78 is 5.64. The Morgan fingerprint density at radius 1 is 1.27 bits per heavy atom. The van der Waals surface area contributed by atoms with Gasteiger partial charge < -0.3 is 14.6 Å². The van der Waals surface area contributed by atoms with E-state index in [1.807, 2.05) is 24.0 Å². The van der Waals surface area contributed by atoms with Crippen LogP contribution in [0.3, 0.4) is 0 Å². The van der Waals surface area contributed by atoms with Gasteiger partial charge in [-0.3, -0.25) is 4.98 Å². The first-order chi connectivity index (χ1) is 10.7. The molecule has 0 saturated heterocycles. The van der Waals surface area contributed by atoms with Crippen LogP contribution in [0.1, 0.15) is 37.2 Å². The zero-order chi connectivity index (χ0) is 15.4. The molecular weight excluding hydrogens is 278 g/mol. The quantitative estimate of drug-likeness (QED) is 0.929. The molecule has 0 radical (unpaired) electrons. The number of hydrogen-bond acceptors (Lipinski definition) is 3. The van der Waals surface area contributed by atoms with E-state index in [4.69, 9.17) is 4.42 Å². The van der Waals surface area contributed by atoms with E-state index in [-0.39, 0.29) is 12.1 Å². The summed E-state index contributed by atoms with van der Waals surface area (Å²) in [5.74, 6) is 1.70. The average molecular weight is 299 g/mol. The van der Waals surface area contributed by atoms with Crippen molar-refractivity contribution in [3.8, 4) is 0 Å². The van der Waals surface area contributed by atoms with Gasteiger partial charge in [-0.25, -0.2) is 4.79 Å². The summed E-state index contributed by atoms with van der Waals surface area (Å²) in [5, 5.41) is 2.95. The Labute approximate surface area is 130 Å². The van der Waals surface area contributed by atoms with Gasteiger partial charge in [-0.2, -0.15) is 0 Å². The molecule has 0 bridgehead atoms. The smallest absolute Gasteiger partial charge is 0.322 e. The molecule has 5 heteroatoms. The van der Waals surface area contributed by atoms with Gasteiger partial charge in [0.1, 0.15) is 11.5 Å². The second-order valence-electron chi connectivity index (χ2n) is 5.74. The predicted octanol–water partition coefficient (Wildman–Crippen LogP) is 3.96. The zero-order valence-corrected chi connectivity index (χ0v) is 12.8. The number of nitrogens with zero attached hydrogens (tertiary/aromatic N) is 2. The molecule has 0 spiro atoms. The number of pyridine rings is 1. The normalized spacial score (nSPS) is 15.0. The first-order valence-corrected chi connectivity index (χ1v) is 7.75. The molecule has 3 rings (SSSR count). The fourth-order valence-electron chi connectivity index (χ4n) is 2.95. The highest BCUT2D eigenvalue weighted by atomic mass is 16.3. The Morgan fingerprint density at radius 3 is 2.64 bits per heavy atom. The number of anilines is 1. The summed E-state index contributed by atoms with van der Waals surface area (Å²) in [6.45, 7) is 2.43. The van der Waals surface area contributed by atoms with Crippen LogP contribution >= 0.6 is 0 Å². The monoisotopic (exact) mass is 299 g/mol. The molecule has 0 atom stereocenters. The Kier molecular flexibility index (Phi) is 4.42. The predicted molar refractivity (Wildman–Crippen MR) is 84.5 cm³/mol. The van der Waals surface area contributed by atoms with Crippen molar-refractivity contribution in [2.75, 3.05) is 5.32 Å². The summed E-state index contributed by atoms with van der Waals surface area (Å²) in [6, 6.07) is 7.67. The van der Waals surface area contributed by atoms with Crippen molar-refractivity contribution in [1.82, 2.24) is 9.88 Å². The van der Waals surface area contributed by atoms with Crippen LogP contribution in [-0.4, -0.2) is 22.0 Å². The van der Waals surface area contributed by atoms with Gasteiger partial charge in [0.05, 0.1) is 6.54 Å². The maximum Gasteiger partial charge on any atom is 0.322 e. The summed E-state index contributed by atoms with van der Waals surface area (Å²) in [5.41, 5.74) is 0.763. The Balaban J connectivity index is 1.73. The van der Waals surface area contributed by atoms with Crippen LogP contribution in [0.2, 0.25) is 0 Å². The van der Waals surface area contributed by atoms with Crippen LogP contribution < -0.4 is 5.32 Å². The maximum absolute atomic E-state index is 12.7. The number of furan rings is 1. The molecule has 2 aromatic rings. The second kappa shape index (κ2) is 6.64. The lowest BCUT2D eigenvalue weighted by Crippen LogP contribution is -2.41. The molecule has 22 heavy (non-hydrogen) atoms. The molecule has 1 saturated carbocycles. The third kappa shape index (κ3) is 3.47. The summed E-state index contributed by atoms with van der Waals surface area (Å²) >= 11 is 0. The van der Waals surface area contributed by atoms with E-state index < -0.39 is 0 Å². The molecule has 5 nitrogen and oxygen atoms in total. The second-order valence-corrected chi connectivity index (χ2v) is 5.74. The Morgan fingerprint density at radius 2 is 2.00 bits per heavy atom. The first kappa shape index (κ1) is 14.6. The third-order valence-electron chi connectivity index (χ3n) is 4.08. The lowest BCUT2D eigenvalue weighted by molar-refractivity contribution is 0.178. The largest absolute Gasteiger partial charge is 0.464 e. The molecule has 2 amide bonds. The summed E-state index contributed by atoms with van der Waals surface area (Å²) in [4.78, 5) is 18.5. The minimum Gasteiger partial charge on any atom is -0.464 e. The fraction of sp³-hybridized carbons (Fsp3) is 0.412. The van der Waals surface area contributed by atoms with Crippen molar-refractivity contribution >= 4 is 11.7 Å². The number of hydrogen-bond donors (Lipinski definition) is 1. The van der Waals surface area contributed by atoms with Crippen molar-refractivity contribution in [2.24, 2.45) is 0 Å². The molecule has 1 aliphatic carbocycles. The highest BCUT2D eigenvalue weighted by Gasteiger charge is 2.27. The topological polar surface area (TPSA) is 58.4 Å². The van der Waals surface area contributed by atoms with Gasteiger partial charge in [0.25, 0.3) is 0 Å². The molecule has 2 heterocycles.